The molecule has 0 spiro atoms. The number of pyridine rings is 1. The van der Waals surface area contributed by atoms with Crippen LogP contribution in [0.25, 0.3) is 21.9 Å². The molecule has 2 N–H and O–H groups in total. The number of hydrogen-bond acceptors (Lipinski definition) is 4. The molecule has 1 aliphatic rings. The molecule has 1 atom stereocenters. The lowest BCUT2D eigenvalue weighted by Gasteiger charge is -2.25. The third-order valence-corrected chi connectivity index (χ3v) is 7.35. The van der Waals surface area contributed by atoms with Crippen molar-refractivity contribution in [2.75, 3.05) is 24.6 Å². The van der Waals surface area contributed by atoms with Crippen LogP contribution in [0.5, 0.6) is 0 Å². The SMILES string of the molecule is Cc1c(Cc2cccc3ccccc23)c(-c2cccc(C(F)(F)F)c2)c2n(c1=O)C(C(=O)O)CN2CCCO. The number of carboxylic acids is 1. The van der Waals surface area contributed by atoms with Crippen molar-refractivity contribution < 1.29 is 28.2 Å². The highest BCUT2D eigenvalue weighted by atomic mass is 19.4. The number of benzene rings is 3. The molecule has 39 heavy (non-hydrogen) atoms. The number of aromatic nitrogens is 1. The molecule has 2 heterocycles. The average Bonchev–Trinajstić information content (AvgIpc) is 3.30. The van der Waals surface area contributed by atoms with Crippen molar-refractivity contribution in [1.82, 2.24) is 4.57 Å². The summed E-state index contributed by atoms with van der Waals surface area (Å²) in [6.07, 6.45) is -4.03. The number of aliphatic carboxylic acids is 1. The van der Waals surface area contributed by atoms with Gasteiger partial charge in [0.2, 0.25) is 0 Å². The minimum absolute atomic E-state index is 0.0340. The minimum Gasteiger partial charge on any atom is -0.480 e. The lowest BCUT2D eigenvalue weighted by atomic mass is 9.89. The molecule has 1 unspecified atom stereocenters. The van der Waals surface area contributed by atoms with Gasteiger partial charge in [0.15, 0.2) is 6.04 Å². The summed E-state index contributed by atoms with van der Waals surface area (Å²) < 4.78 is 42.5. The first-order valence-electron chi connectivity index (χ1n) is 12.6. The van der Waals surface area contributed by atoms with Gasteiger partial charge in [-0.2, -0.15) is 13.2 Å². The van der Waals surface area contributed by atoms with Crippen LogP contribution in [0.15, 0.2) is 71.5 Å². The highest BCUT2D eigenvalue weighted by Crippen LogP contribution is 2.43. The van der Waals surface area contributed by atoms with Crippen LogP contribution in [0.4, 0.5) is 19.0 Å². The van der Waals surface area contributed by atoms with Crippen LogP contribution in [0.1, 0.15) is 34.7 Å². The second-order valence-corrected chi connectivity index (χ2v) is 9.75. The van der Waals surface area contributed by atoms with Crippen LogP contribution in [-0.4, -0.2) is 40.4 Å². The average molecular weight is 537 g/mol. The molecular formula is C30H27F3N2O4. The van der Waals surface area contributed by atoms with Crippen molar-refractivity contribution in [2.45, 2.75) is 32.0 Å². The van der Waals surface area contributed by atoms with Gasteiger partial charge in [0.05, 0.1) is 12.1 Å². The van der Waals surface area contributed by atoms with Gasteiger partial charge in [0.1, 0.15) is 5.82 Å². The molecule has 4 aromatic rings. The van der Waals surface area contributed by atoms with Crippen molar-refractivity contribution >= 4 is 22.6 Å². The largest absolute Gasteiger partial charge is 0.480 e. The van der Waals surface area contributed by atoms with Gasteiger partial charge in [-0.3, -0.25) is 9.36 Å². The number of nitrogens with zero attached hydrogens (tertiary/aromatic N) is 2. The van der Waals surface area contributed by atoms with E-state index in [4.69, 9.17) is 0 Å². The van der Waals surface area contributed by atoms with E-state index >= 15 is 0 Å². The number of carboxylic acid groups (broad SMARTS) is 1. The van der Waals surface area contributed by atoms with Crippen LogP contribution in [0.3, 0.4) is 0 Å². The van der Waals surface area contributed by atoms with Crippen molar-refractivity contribution in [2.24, 2.45) is 0 Å². The van der Waals surface area contributed by atoms with Crippen molar-refractivity contribution in [3.05, 3.63) is 99.3 Å². The fourth-order valence-electron chi connectivity index (χ4n) is 5.49. The molecule has 5 rings (SSSR count). The van der Waals surface area contributed by atoms with Crippen LogP contribution in [0.2, 0.25) is 0 Å². The summed E-state index contributed by atoms with van der Waals surface area (Å²) in [7, 11) is 0. The Morgan fingerprint density at radius 1 is 1.05 bits per heavy atom. The topological polar surface area (TPSA) is 82.8 Å². The van der Waals surface area contributed by atoms with Crippen LogP contribution < -0.4 is 10.5 Å². The molecular weight excluding hydrogens is 509 g/mol. The molecule has 0 saturated heterocycles. The van der Waals surface area contributed by atoms with Crippen molar-refractivity contribution in [1.29, 1.82) is 0 Å². The summed E-state index contributed by atoms with van der Waals surface area (Å²) >= 11 is 0. The molecule has 0 saturated carbocycles. The molecule has 3 aromatic carbocycles. The highest BCUT2D eigenvalue weighted by molar-refractivity contribution is 5.88. The molecule has 0 radical (unpaired) electrons. The highest BCUT2D eigenvalue weighted by Gasteiger charge is 2.39. The summed E-state index contributed by atoms with van der Waals surface area (Å²) in [6.45, 7) is 1.64. The first-order valence-corrected chi connectivity index (χ1v) is 12.6. The zero-order valence-electron chi connectivity index (χ0n) is 21.2. The molecule has 0 bridgehead atoms. The van der Waals surface area contributed by atoms with Crippen LogP contribution in [-0.2, 0) is 17.4 Å². The zero-order valence-corrected chi connectivity index (χ0v) is 21.2. The van der Waals surface area contributed by atoms with E-state index in [0.717, 1.165) is 28.5 Å². The van der Waals surface area contributed by atoms with Crippen molar-refractivity contribution in [3.63, 3.8) is 0 Å². The van der Waals surface area contributed by atoms with Gasteiger partial charge in [-0.25, -0.2) is 4.79 Å². The number of hydrogen-bond donors (Lipinski definition) is 2. The Kier molecular flexibility index (Phi) is 6.94. The molecule has 1 aromatic heterocycles. The van der Waals surface area contributed by atoms with Gasteiger partial charge in [0, 0.05) is 24.3 Å². The Labute approximate surface area is 222 Å². The summed E-state index contributed by atoms with van der Waals surface area (Å²) in [5.41, 5.74) is 1.03. The molecule has 9 heteroatoms. The summed E-state index contributed by atoms with van der Waals surface area (Å²) in [5.74, 6) is -0.943. The van der Waals surface area contributed by atoms with E-state index < -0.39 is 29.3 Å². The number of halogens is 3. The van der Waals surface area contributed by atoms with Gasteiger partial charge >= 0.3 is 12.1 Å². The third-order valence-electron chi connectivity index (χ3n) is 7.35. The number of alkyl halides is 3. The number of anilines is 1. The number of rotatable bonds is 7. The maximum atomic E-state index is 13.8. The molecule has 1 aliphatic heterocycles. The Balaban J connectivity index is 1.84. The Morgan fingerprint density at radius 3 is 2.49 bits per heavy atom. The maximum Gasteiger partial charge on any atom is 0.416 e. The number of carbonyl (C=O) groups is 1. The van der Waals surface area contributed by atoms with E-state index in [-0.39, 0.29) is 43.1 Å². The molecule has 6 nitrogen and oxygen atoms in total. The summed E-state index contributed by atoms with van der Waals surface area (Å²) in [6, 6.07) is 17.2. The predicted octanol–water partition coefficient (Wildman–Crippen LogP) is 5.41. The number of aliphatic hydroxyl groups excluding tert-OH is 1. The molecule has 0 fully saturated rings. The van der Waals surface area contributed by atoms with Crippen molar-refractivity contribution in [3.8, 4) is 11.1 Å². The smallest absolute Gasteiger partial charge is 0.416 e. The van der Waals surface area contributed by atoms with E-state index in [1.807, 2.05) is 42.5 Å². The van der Waals surface area contributed by atoms with E-state index in [2.05, 4.69) is 0 Å². The summed E-state index contributed by atoms with van der Waals surface area (Å²) in [4.78, 5) is 27.6. The van der Waals surface area contributed by atoms with Gasteiger partial charge in [-0.1, -0.05) is 54.6 Å². The van der Waals surface area contributed by atoms with Gasteiger partial charge in [0.25, 0.3) is 5.56 Å². The third kappa shape index (κ3) is 4.78. The quantitative estimate of drug-likeness (QED) is 0.330. The van der Waals surface area contributed by atoms with Gasteiger partial charge in [-0.05, 0) is 59.4 Å². The Hall–Kier alpha value is -4.11. The van der Waals surface area contributed by atoms with E-state index in [1.54, 1.807) is 17.9 Å². The van der Waals surface area contributed by atoms with E-state index in [9.17, 15) is 33.0 Å². The lowest BCUT2D eigenvalue weighted by Crippen LogP contribution is -2.30. The molecule has 0 amide bonds. The normalized spacial score (nSPS) is 15.1. The fraction of sp³-hybridized carbons (Fsp3) is 0.267. The summed E-state index contributed by atoms with van der Waals surface area (Å²) in [5, 5.41) is 21.4. The Bertz CT molecular complexity index is 1620. The first-order chi connectivity index (χ1) is 18.6. The number of fused-ring (bicyclic) bond motifs is 2. The standard InChI is InChI=1S/C30H27F3N2O4/c1-18-24(16-20-9-4-8-19-7-2-3-12-23(19)20)26(21-10-5-11-22(15-21)30(31,32)33)27-34(13-6-14-36)17-25(29(38)39)35(27)28(18)37/h2-5,7-12,15,25,36H,6,13-14,16-17H2,1H3,(H,38,39). The fourth-order valence-corrected chi connectivity index (χ4v) is 5.49. The van der Waals surface area contributed by atoms with Gasteiger partial charge < -0.3 is 15.1 Å². The first kappa shape index (κ1) is 26.5. The van der Waals surface area contributed by atoms with Gasteiger partial charge in [-0.15, -0.1) is 0 Å². The second kappa shape index (κ2) is 10.2. The lowest BCUT2D eigenvalue weighted by molar-refractivity contribution is -0.140. The minimum atomic E-state index is -4.59. The van der Waals surface area contributed by atoms with Crippen LogP contribution in [0, 0.1) is 6.92 Å². The molecule has 202 valence electrons. The van der Waals surface area contributed by atoms with Crippen LogP contribution >= 0.6 is 0 Å². The predicted molar refractivity (Wildman–Crippen MR) is 143 cm³/mol. The zero-order chi connectivity index (χ0) is 27.9. The molecule has 0 aliphatic carbocycles. The Morgan fingerprint density at radius 2 is 1.77 bits per heavy atom. The van der Waals surface area contributed by atoms with E-state index in [1.165, 1.54) is 10.6 Å². The monoisotopic (exact) mass is 536 g/mol. The second-order valence-electron chi connectivity index (χ2n) is 9.75. The maximum absolute atomic E-state index is 13.8. The number of aliphatic hydroxyl groups is 1. The van der Waals surface area contributed by atoms with E-state index in [0.29, 0.717) is 17.5 Å².